The number of pyridine rings is 1. The van der Waals surface area contributed by atoms with E-state index in [1.54, 1.807) is 0 Å². The largest absolute Gasteiger partial charge is 0.433 e. The van der Waals surface area contributed by atoms with E-state index in [9.17, 15) is 22.8 Å². The molecule has 1 saturated heterocycles. The van der Waals surface area contributed by atoms with E-state index in [0.717, 1.165) is 25.9 Å². The van der Waals surface area contributed by atoms with Gasteiger partial charge in [0.1, 0.15) is 0 Å². The second-order valence-electron chi connectivity index (χ2n) is 6.38. The summed E-state index contributed by atoms with van der Waals surface area (Å²) in [5, 5.41) is 12.7. The SMILES string of the molecule is CC1CCN(/C(=N\O)c2ccc(Oc3c(F)c(F)cc(F)c3F)nc2)CC1. The highest BCUT2D eigenvalue weighted by atomic mass is 19.2. The van der Waals surface area contributed by atoms with Crippen molar-refractivity contribution in [1.82, 2.24) is 9.88 Å². The zero-order valence-corrected chi connectivity index (χ0v) is 14.4. The molecule has 1 aromatic heterocycles. The van der Waals surface area contributed by atoms with Crippen LogP contribution in [0.2, 0.25) is 0 Å². The van der Waals surface area contributed by atoms with Crippen LogP contribution in [-0.4, -0.2) is 34.0 Å². The smallest absolute Gasteiger partial charge is 0.219 e. The summed E-state index contributed by atoms with van der Waals surface area (Å²) in [6.07, 6.45) is 3.20. The van der Waals surface area contributed by atoms with Gasteiger partial charge in [-0.25, -0.2) is 13.8 Å². The first-order valence-electron chi connectivity index (χ1n) is 8.35. The molecule has 3 rings (SSSR count). The number of rotatable bonds is 3. The van der Waals surface area contributed by atoms with Crippen LogP contribution in [0.4, 0.5) is 17.6 Å². The summed E-state index contributed by atoms with van der Waals surface area (Å²) < 4.78 is 58.7. The van der Waals surface area contributed by atoms with E-state index in [1.165, 1.54) is 18.3 Å². The third-order valence-electron chi connectivity index (χ3n) is 4.45. The molecule has 0 atom stereocenters. The highest BCUT2D eigenvalue weighted by Gasteiger charge is 2.23. The maximum absolute atomic E-state index is 13.7. The Bertz CT molecular complexity index is 824. The molecule has 1 fully saturated rings. The van der Waals surface area contributed by atoms with Crippen LogP contribution >= 0.6 is 0 Å². The van der Waals surface area contributed by atoms with Gasteiger partial charge in [0.05, 0.1) is 0 Å². The zero-order valence-electron chi connectivity index (χ0n) is 14.4. The van der Waals surface area contributed by atoms with Crippen molar-refractivity contribution in [2.75, 3.05) is 13.1 Å². The molecule has 27 heavy (non-hydrogen) atoms. The lowest BCUT2D eigenvalue weighted by molar-refractivity contribution is 0.258. The summed E-state index contributed by atoms with van der Waals surface area (Å²) >= 11 is 0. The molecule has 1 N–H and O–H groups in total. The van der Waals surface area contributed by atoms with Gasteiger partial charge in [0, 0.05) is 37.0 Å². The Morgan fingerprint density at radius 3 is 2.30 bits per heavy atom. The van der Waals surface area contributed by atoms with Crippen molar-refractivity contribution < 1.29 is 27.5 Å². The lowest BCUT2D eigenvalue weighted by Gasteiger charge is -2.32. The van der Waals surface area contributed by atoms with Crippen LogP contribution in [0.5, 0.6) is 11.6 Å². The average molecular weight is 383 g/mol. The van der Waals surface area contributed by atoms with E-state index in [0.29, 0.717) is 17.3 Å². The molecule has 1 aliphatic heterocycles. The van der Waals surface area contributed by atoms with Crippen molar-refractivity contribution in [3.05, 3.63) is 53.2 Å². The number of oxime groups is 1. The van der Waals surface area contributed by atoms with E-state index in [4.69, 9.17) is 4.74 Å². The Kier molecular flexibility index (Phi) is 5.48. The second-order valence-corrected chi connectivity index (χ2v) is 6.38. The maximum Gasteiger partial charge on any atom is 0.219 e. The van der Waals surface area contributed by atoms with Gasteiger partial charge in [-0.05, 0) is 24.8 Å². The first-order chi connectivity index (χ1) is 12.9. The molecule has 0 radical (unpaired) electrons. The number of piperidine rings is 1. The molecule has 0 unspecified atom stereocenters. The van der Waals surface area contributed by atoms with E-state index < -0.39 is 29.0 Å². The molecule has 2 heterocycles. The summed E-state index contributed by atoms with van der Waals surface area (Å²) in [7, 11) is 0. The molecule has 2 aromatic rings. The monoisotopic (exact) mass is 383 g/mol. The third kappa shape index (κ3) is 3.96. The van der Waals surface area contributed by atoms with E-state index in [2.05, 4.69) is 17.1 Å². The molecular formula is C18H17F4N3O2. The fraction of sp³-hybridized carbons (Fsp3) is 0.333. The Balaban J connectivity index is 1.80. The van der Waals surface area contributed by atoms with Gasteiger partial charge in [0.2, 0.25) is 23.3 Å². The molecule has 0 bridgehead atoms. The van der Waals surface area contributed by atoms with Gasteiger partial charge < -0.3 is 14.8 Å². The fourth-order valence-corrected chi connectivity index (χ4v) is 2.84. The van der Waals surface area contributed by atoms with Crippen LogP contribution in [0.3, 0.4) is 0 Å². The molecule has 9 heteroatoms. The Morgan fingerprint density at radius 2 is 1.78 bits per heavy atom. The quantitative estimate of drug-likeness (QED) is 0.214. The molecule has 144 valence electrons. The Labute approximate surface area is 152 Å². The summed E-state index contributed by atoms with van der Waals surface area (Å²) in [5.74, 6) is -7.04. The van der Waals surface area contributed by atoms with Crippen molar-refractivity contribution in [2.24, 2.45) is 11.1 Å². The highest BCUT2D eigenvalue weighted by Crippen LogP contribution is 2.30. The first-order valence-corrected chi connectivity index (χ1v) is 8.35. The minimum atomic E-state index is -1.65. The highest BCUT2D eigenvalue weighted by molar-refractivity contribution is 5.98. The standard InChI is InChI=1S/C18H17F4N3O2/c1-10-4-6-25(7-5-10)18(24-26)11-2-3-14(23-9-11)27-17-15(21)12(19)8-13(20)16(17)22/h2-3,8-10,26H,4-7H2,1H3/b24-18-. The van der Waals surface area contributed by atoms with Gasteiger partial charge >= 0.3 is 0 Å². The lowest BCUT2D eigenvalue weighted by Crippen LogP contribution is -2.38. The Morgan fingerprint density at radius 1 is 1.15 bits per heavy atom. The number of aromatic nitrogens is 1. The second kappa shape index (κ2) is 7.81. The molecule has 1 aromatic carbocycles. The molecule has 5 nitrogen and oxygen atoms in total. The third-order valence-corrected chi connectivity index (χ3v) is 4.45. The van der Waals surface area contributed by atoms with Crippen molar-refractivity contribution in [3.8, 4) is 11.6 Å². The van der Waals surface area contributed by atoms with Crippen LogP contribution in [-0.2, 0) is 0 Å². The van der Waals surface area contributed by atoms with Crippen molar-refractivity contribution in [3.63, 3.8) is 0 Å². The number of amidine groups is 1. The number of nitrogens with zero attached hydrogens (tertiary/aromatic N) is 3. The van der Waals surface area contributed by atoms with E-state index >= 15 is 0 Å². The number of benzene rings is 1. The van der Waals surface area contributed by atoms with Gasteiger partial charge in [-0.3, -0.25) is 0 Å². The average Bonchev–Trinajstić information content (AvgIpc) is 2.67. The Hall–Kier alpha value is -2.84. The van der Waals surface area contributed by atoms with Crippen LogP contribution in [0.1, 0.15) is 25.3 Å². The molecular weight excluding hydrogens is 366 g/mol. The van der Waals surface area contributed by atoms with Gasteiger partial charge in [0.15, 0.2) is 17.5 Å². The van der Waals surface area contributed by atoms with E-state index in [1.807, 2.05) is 4.90 Å². The maximum atomic E-state index is 13.7. The van der Waals surface area contributed by atoms with Gasteiger partial charge in [-0.1, -0.05) is 12.1 Å². The predicted octanol–water partition coefficient (Wildman–Crippen LogP) is 4.30. The summed E-state index contributed by atoms with van der Waals surface area (Å²) in [6, 6.07) is 2.83. The fourth-order valence-electron chi connectivity index (χ4n) is 2.84. The number of hydrogen-bond acceptors (Lipinski definition) is 4. The lowest BCUT2D eigenvalue weighted by atomic mass is 9.98. The minimum Gasteiger partial charge on any atom is -0.433 e. The van der Waals surface area contributed by atoms with Crippen molar-refractivity contribution in [2.45, 2.75) is 19.8 Å². The number of halogens is 4. The summed E-state index contributed by atoms with van der Waals surface area (Å²) in [5.41, 5.74) is 0.464. The van der Waals surface area contributed by atoms with Crippen LogP contribution in [0.15, 0.2) is 29.6 Å². The van der Waals surface area contributed by atoms with E-state index in [-0.39, 0.29) is 11.9 Å². The van der Waals surface area contributed by atoms with Crippen LogP contribution in [0.25, 0.3) is 0 Å². The first kappa shape index (κ1) is 18.9. The van der Waals surface area contributed by atoms with Crippen molar-refractivity contribution >= 4 is 5.84 Å². The molecule has 0 aliphatic carbocycles. The normalized spacial score (nSPS) is 15.9. The minimum absolute atomic E-state index is 0.0948. The van der Waals surface area contributed by atoms with Gasteiger partial charge in [-0.2, -0.15) is 8.78 Å². The zero-order chi connectivity index (χ0) is 19.6. The number of hydrogen-bond donors (Lipinski definition) is 1. The number of likely N-dealkylation sites (tertiary alicyclic amines) is 1. The van der Waals surface area contributed by atoms with Crippen LogP contribution < -0.4 is 4.74 Å². The molecule has 0 saturated carbocycles. The molecule has 1 aliphatic rings. The van der Waals surface area contributed by atoms with Gasteiger partial charge in [0.25, 0.3) is 0 Å². The molecule has 0 amide bonds. The van der Waals surface area contributed by atoms with Crippen molar-refractivity contribution in [1.29, 1.82) is 0 Å². The number of ether oxygens (including phenoxy) is 1. The summed E-state index contributed by atoms with van der Waals surface area (Å²) in [6.45, 7) is 3.59. The van der Waals surface area contributed by atoms with Gasteiger partial charge in [-0.15, -0.1) is 0 Å². The molecule has 0 spiro atoms. The topological polar surface area (TPSA) is 58.0 Å². The summed E-state index contributed by atoms with van der Waals surface area (Å²) in [4.78, 5) is 5.78. The van der Waals surface area contributed by atoms with Crippen LogP contribution in [0, 0.1) is 29.2 Å². The predicted molar refractivity (Wildman–Crippen MR) is 88.9 cm³/mol.